The summed E-state index contributed by atoms with van der Waals surface area (Å²) in [5.74, 6) is 0.734. The van der Waals surface area contributed by atoms with E-state index in [9.17, 15) is 9.90 Å². The van der Waals surface area contributed by atoms with Gasteiger partial charge in [-0.25, -0.2) is 4.79 Å². The van der Waals surface area contributed by atoms with Crippen LogP contribution in [0.15, 0.2) is 78.9 Å². The Morgan fingerprint density at radius 2 is 1.29 bits per heavy atom. The number of ether oxygens (including phenoxy) is 2. The molecule has 1 N–H and O–H groups in total. The zero-order chi connectivity index (χ0) is 25.4. The lowest BCUT2D eigenvalue weighted by Crippen LogP contribution is -2.27. The Hall–Kier alpha value is -3.79. The first-order valence-electron chi connectivity index (χ1n) is 11.8. The summed E-state index contributed by atoms with van der Waals surface area (Å²) in [6.45, 7) is 11.4. The number of rotatable bonds is 4. The molecule has 1 atom stereocenters. The van der Waals surface area contributed by atoms with Gasteiger partial charge >= 0.3 is 6.16 Å². The van der Waals surface area contributed by atoms with Crippen molar-refractivity contribution in [3.8, 4) is 11.5 Å². The molecule has 4 nitrogen and oxygen atoms in total. The Balaban J connectivity index is 1.83. The molecular weight excluding hydrogens is 436 g/mol. The fraction of sp³-hybridized carbons (Fsp3) is 0.258. The zero-order valence-corrected chi connectivity index (χ0v) is 21.2. The molecule has 0 spiro atoms. The number of hydrogen-bond donors (Lipinski definition) is 1. The highest BCUT2D eigenvalue weighted by Crippen LogP contribution is 2.42. The van der Waals surface area contributed by atoms with Crippen molar-refractivity contribution in [3.63, 3.8) is 0 Å². The highest BCUT2D eigenvalue weighted by Gasteiger charge is 2.32. The fourth-order valence-corrected chi connectivity index (χ4v) is 4.40. The zero-order valence-electron chi connectivity index (χ0n) is 21.2. The van der Waals surface area contributed by atoms with Crippen LogP contribution in [0.25, 0.3) is 10.8 Å². The van der Waals surface area contributed by atoms with Crippen LogP contribution < -0.4 is 4.74 Å². The Bertz CT molecular complexity index is 1400. The van der Waals surface area contributed by atoms with E-state index in [2.05, 4.69) is 43.3 Å². The molecular formula is C31H32O4. The minimum absolute atomic E-state index is 0.270. The van der Waals surface area contributed by atoms with Gasteiger partial charge in [-0.3, -0.25) is 0 Å². The minimum Gasteiger partial charge on any atom is -0.508 e. The predicted octanol–water partition coefficient (Wildman–Crippen LogP) is 7.83. The van der Waals surface area contributed by atoms with Crippen LogP contribution >= 0.6 is 0 Å². The fourth-order valence-electron chi connectivity index (χ4n) is 4.40. The summed E-state index contributed by atoms with van der Waals surface area (Å²) in [5.41, 5.74) is 3.73. The molecule has 0 amide bonds. The number of carbonyl (C=O) groups is 1. The predicted molar refractivity (Wildman–Crippen MR) is 140 cm³/mol. The van der Waals surface area contributed by atoms with Gasteiger partial charge in [-0.15, -0.1) is 0 Å². The number of benzene rings is 4. The standard InChI is InChI=1S/C31H32O4/c1-20-17-24(13-15-27(20)32)31(6,26-12-11-22-9-7-8-10-23(22)19-26)25-14-16-28(21(2)18-25)34-29(33)35-30(3,4)5/h7-19,32H,1-6H3. The highest BCUT2D eigenvalue weighted by atomic mass is 16.7. The van der Waals surface area contributed by atoms with Crippen LogP contribution in [0.3, 0.4) is 0 Å². The number of aromatic hydroxyl groups is 1. The van der Waals surface area contributed by atoms with E-state index in [-0.39, 0.29) is 5.75 Å². The summed E-state index contributed by atoms with van der Waals surface area (Å²) < 4.78 is 10.8. The maximum Gasteiger partial charge on any atom is 0.514 e. The van der Waals surface area contributed by atoms with Crippen LogP contribution in [0.4, 0.5) is 4.79 Å². The van der Waals surface area contributed by atoms with Crippen LogP contribution in [0, 0.1) is 13.8 Å². The third kappa shape index (κ3) is 5.02. The third-order valence-electron chi connectivity index (χ3n) is 6.44. The molecule has 0 aliphatic heterocycles. The lowest BCUT2D eigenvalue weighted by molar-refractivity contribution is 0.0204. The molecule has 0 aromatic heterocycles. The van der Waals surface area contributed by atoms with Gasteiger partial charge in [-0.2, -0.15) is 0 Å². The first-order chi connectivity index (χ1) is 16.5. The maximum absolute atomic E-state index is 12.2. The number of aryl methyl sites for hydroxylation is 2. The molecule has 1 unspecified atom stereocenters. The topological polar surface area (TPSA) is 55.8 Å². The molecule has 0 saturated heterocycles. The van der Waals surface area contributed by atoms with E-state index in [0.717, 1.165) is 33.2 Å². The Morgan fingerprint density at radius 1 is 0.714 bits per heavy atom. The van der Waals surface area contributed by atoms with Crippen LogP contribution in [0.1, 0.15) is 55.5 Å². The molecule has 0 aliphatic carbocycles. The molecule has 0 bridgehead atoms. The number of phenolic OH excluding ortho intramolecular Hbond substituents is 1. The SMILES string of the molecule is Cc1cc(C(C)(c2ccc(OC(=O)OC(C)(C)C)c(C)c2)c2ccc3ccccc3c2)ccc1O. The molecule has 180 valence electrons. The van der Waals surface area contributed by atoms with Gasteiger partial charge in [-0.1, -0.05) is 60.7 Å². The minimum atomic E-state index is -0.722. The molecule has 4 rings (SSSR count). The summed E-state index contributed by atoms with van der Waals surface area (Å²) in [6.07, 6.45) is -0.722. The summed E-state index contributed by atoms with van der Waals surface area (Å²) in [6, 6.07) is 26.4. The Morgan fingerprint density at radius 3 is 1.91 bits per heavy atom. The molecule has 35 heavy (non-hydrogen) atoms. The van der Waals surface area contributed by atoms with E-state index in [0.29, 0.717) is 5.75 Å². The van der Waals surface area contributed by atoms with Crippen molar-refractivity contribution >= 4 is 16.9 Å². The second-order valence-electron chi connectivity index (χ2n) is 10.2. The average molecular weight is 469 g/mol. The summed E-state index contributed by atoms with van der Waals surface area (Å²) >= 11 is 0. The molecule has 0 fully saturated rings. The molecule has 4 heteroatoms. The quantitative estimate of drug-likeness (QED) is 0.188. The Kier molecular flexibility index (Phi) is 6.33. The average Bonchev–Trinajstić information content (AvgIpc) is 2.80. The van der Waals surface area contributed by atoms with Gasteiger partial charge in [0.05, 0.1) is 0 Å². The number of phenols is 1. The van der Waals surface area contributed by atoms with Crippen LogP contribution in [-0.2, 0) is 10.2 Å². The Labute approximate surface area is 207 Å². The van der Waals surface area contributed by atoms with Gasteiger partial charge in [0, 0.05) is 5.41 Å². The smallest absolute Gasteiger partial charge is 0.508 e. The van der Waals surface area contributed by atoms with Gasteiger partial charge in [-0.05, 0) is 98.3 Å². The molecule has 4 aromatic carbocycles. The van der Waals surface area contributed by atoms with Gasteiger partial charge < -0.3 is 14.6 Å². The monoisotopic (exact) mass is 468 g/mol. The van der Waals surface area contributed by atoms with Crippen molar-refractivity contribution in [2.24, 2.45) is 0 Å². The molecule has 0 aliphatic rings. The number of hydrogen-bond acceptors (Lipinski definition) is 4. The summed E-state index contributed by atoms with van der Waals surface area (Å²) in [4.78, 5) is 12.2. The van der Waals surface area contributed by atoms with Crippen LogP contribution in [0.2, 0.25) is 0 Å². The summed E-state index contributed by atoms with van der Waals surface area (Å²) in [5, 5.41) is 12.5. The largest absolute Gasteiger partial charge is 0.514 e. The van der Waals surface area contributed by atoms with E-state index in [1.165, 1.54) is 5.39 Å². The van der Waals surface area contributed by atoms with Crippen molar-refractivity contribution in [2.45, 2.75) is 52.6 Å². The first-order valence-corrected chi connectivity index (χ1v) is 11.8. The van der Waals surface area contributed by atoms with Crippen molar-refractivity contribution < 1.29 is 19.4 Å². The second-order valence-corrected chi connectivity index (χ2v) is 10.2. The third-order valence-corrected chi connectivity index (χ3v) is 6.44. The maximum atomic E-state index is 12.2. The highest BCUT2D eigenvalue weighted by molar-refractivity contribution is 5.83. The first kappa shape index (κ1) is 24.3. The van der Waals surface area contributed by atoms with E-state index in [4.69, 9.17) is 9.47 Å². The normalized spacial score (nSPS) is 13.3. The molecule has 0 saturated carbocycles. The van der Waals surface area contributed by atoms with Gasteiger partial charge in [0.25, 0.3) is 0 Å². The van der Waals surface area contributed by atoms with E-state index in [1.807, 2.05) is 50.2 Å². The van der Waals surface area contributed by atoms with Crippen molar-refractivity contribution in [1.82, 2.24) is 0 Å². The molecule has 0 heterocycles. The van der Waals surface area contributed by atoms with E-state index >= 15 is 0 Å². The van der Waals surface area contributed by atoms with Crippen molar-refractivity contribution in [1.29, 1.82) is 0 Å². The van der Waals surface area contributed by atoms with Gasteiger partial charge in [0.1, 0.15) is 17.1 Å². The molecule has 4 aromatic rings. The van der Waals surface area contributed by atoms with Crippen LogP contribution in [0.5, 0.6) is 11.5 Å². The second kappa shape index (κ2) is 9.10. The lowest BCUT2D eigenvalue weighted by atomic mass is 9.70. The lowest BCUT2D eigenvalue weighted by Gasteiger charge is -2.33. The van der Waals surface area contributed by atoms with Gasteiger partial charge in [0.2, 0.25) is 0 Å². The summed E-state index contributed by atoms with van der Waals surface area (Å²) in [7, 11) is 0. The van der Waals surface area contributed by atoms with Gasteiger partial charge in [0.15, 0.2) is 0 Å². The van der Waals surface area contributed by atoms with Crippen molar-refractivity contribution in [3.05, 3.63) is 107 Å². The van der Waals surface area contributed by atoms with Crippen molar-refractivity contribution in [2.75, 3.05) is 0 Å². The van der Waals surface area contributed by atoms with E-state index in [1.54, 1.807) is 26.8 Å². The van der Waals surface area contributed by atoms with Crippen LogP contribution in [-0.4, -0.2) is 16.9 Å². The molecule has 0 radical (unpaired) electrons. The van der Waals surface area contributed by atoms with E-state index < -0.39 is 17.2 Å². The number of carbonyl (C=O) groups excluding carboxylic acids is 1. The number of fused-ring (bicyclic) bond motifs is 1.